The van der Waals surface area contributed by atoms with E-state index in [0.717, 1.165) is 18.4 Å². The smallest absolute Gasteiger partial charge is 0.222 e. The summed E-state index contributed by atoms with van der Waals surface area (Å²) in [5.74, 6) is 0.663. The van der Waals surface area contributed by atoms with E-state index in [-0.39, 0.29) is 11.3 Å². The lowest BCUT2D eigenvalue weighted by molar-refractivity contribution is -0.130. The van der Waals surface area contributed by atoms with Crippen LogP contribution in [-0.4, -0.2) is 24.4 Å². The third-order valence-corrected chi connectivity index (χ3v) is 3.87. The Hall–Kier alpha value is -1.29. The van der Waals surface area contributed by atoms with Crippen LogP contribution in [0.1, 0.15) is 45.6 Å². The second-order valence-corrected chi connectivity index (χ2v) is 6.56. The van der Waals surface area contributed by atoms with Gasteiger partial charge in [-0.3, -0.25) is 4.79 Å². The highest BCUT2D eigenvalue weighted by molar-refractivity contribution is 5.75. The van der Waals surface area contributed by atoms with E-state index in [9.17, 15) is 4.79 Å². The number of amides is 1. The van der Waals surface area contributed by atoms with Crippen LogP contribution in [-0.2, 0) is 11.3 Å². The van der Waals surface area contributed by atoms with Gasteiger partial charge >= 0.3 is 0 Å². The van der Waals surface area contributed by atoms with Crippen molar-refractivity contribution in [2.24, 2.45) is 17.1 Å². The van der Waals surface area contributed by atoms with Crippen molar-refractivity contribution in [3.05, 3.63) is 24.2 Å². The molecule has 1 aromatic heterocycles. The van der Waals surface area contributed by atoms with Crippen LogP contribution >= 0.6 is 0 Å². The number of carbonyl (C=O) groups is 1. The molecule has 0 saturated carbocycles. The molecule has 0 aliphatic rings. The zero-order chi connectivity index (χ0) is 15.2. The van der Waals surface area contributed by atoms with Gasteiger partial charge in [0, 0.05) is 25.6 Å². The molecule has 1 unspecified atom stereocenters. The van der Waals surface area contributed by atoms with E-state index < -0.39 is 0 Å². The fraction of sp³-hybridized carbons (Fsp3) is 0.688. The summed E-state index contributed by atoms with van der Waals surface area (Å²) < 4.78 is 5.02. The summed E-state index contributed by atoms with van der Waals surface area (Å²) in [6.45, 7) is 7.93. The van der Waals surface area contributed by atoms with Gasteiger partial charge in [0.1, 0.15) is 0 Å². The maximum Gasteiger partial charge on any atom is 0.222 e. The maximum absolute atomic E-state index is 12.2. The minimum absolute atomic E-state index is 0.178. The number of carbonyl (C=O) groups excluding carboxylic acids is 1. The van der Waals surface area contributed by atoms with Crippen LogP contribution in [0.5, 0.6) is 0 Å². The summed E-state index contributed by atoms with van der Waals surface area (Å²) in [5, 5.41) is 0. The van der Waals surface area contributed by atoms with Crippen LogP contribution in [0.2, 0.25) is 0 Å². The van der Waals surface area contributed by atoms with Crippen molar-refractivity contribution in [2.75, 3.05) is 13.6 Å². The maximum atomic E-state index is 12.2. The summed E-state index contributed by atoms with van der Waals surface area (Å²) in [6.07, 6.45) is 5.76. The van der Waals surface area contributed by atoms with E-state index in [1.165, 1.54) is 0 Å². The van der Waals surface area contributed by atoms with E-state index in [1.807, 2.05) is 13.1 Å². The zero-order valence-corrected chi connectivity index (χ0v) is 13.2. The third-order valence-electron chi connectivity index (χ3n) is 3.87. The van der Waals surface area contributed by atoms with Gasteiger partial charge in [0.05, 0.1) is 12.5 Å². The van der Waals surface area contributed by atoms with Gasteiger partial charge in [-0.05, 0) is 36.8 Å². The number of hydrogen-bond donors (Lipinski definition) is 1. The molecule has 0 fully saturated rings. The topological polar surface area (TPSA) is 59.5 Å². The average Bonchev–Trinajstić information content (AvgIpc) is 2.85. The number of hydrogen-bond acceptors (Lipinski definition) is 3. The van der Waals surface area contributed by atoms with E-state index in [0.29, 0.717) is 25.4 Å². The molecule has 1 heterocycles. The quantitative estimate of drug-likeness (QED) is 0.835. The monoisotopic (exact) mass is 280 g/mol. The van der Waals surface area contributed by atoms with Crippen molar-refractivity contribution in [1.82, 2.24) is 4.90 Å². The van der Waals surface area contributed by atoms with Crippen LogP contribution in [0.25, 0.3) is 0 Å². The Labute approximate surface area is 122 Å². The predicted octanol–water partition coefficient (Wildman–Crippen LogP) is 3.03. The molecule has 1 atom stereocenters. The molecule has 0 bridgehead atoms. The summed E-state index contributed by atoms with van der Waals surface area (Å²) in [4.78, 5) is 13.9. The van der Waals surface area contributed by atoms with Gasteiger partial charge in [-0.1, -0.05) is 20.8 Å². The lowest BCUT2D eigenvalue weighted by atomic mass is 9.76. The van der Waals surface area contributed by atoms with Crippen molar-refractivity contribution in [1.29, 1.82) is 0 Å². The first kappa shape index (κ1) is 16.8. The molecule has 0 radical (unpaired) electrons. The van der Waals surface area contributed by atoms with Crippen molar-refractivity contribution >= 4 is 5.91 Å². The fourth-order valence-corrected chi connectivity index (χ4v) is 2.44. The first-order chi connectivity index (χ1) is 9.34. The van der Waals surface area contributed by atoms with Gasteiger partial charge in [-0.25, -0.2) is 0 Å². The molecular weight excluding hydrogens is 252 g/mol. The molecule has 0 saturated heterocycles. The van der Waals surface area contributed by atoms with Gasteiger partial charge in [-0.15, -0.1) is 0 Å². The SMILES string of the molecule is CN(Cc1ccoc1)C(=O)CCC(CCN)C(C)(C)C. The van der Waals surface area contributed by atoms with Crippen LogP contribution in [0.15, 0.2) is 23.0 Å². The van der Waals surface area contributed by atoms with E-state index >= 15 is 0 Å². The van der Waals surface area contributed by atoms with Crippen molar-refractivity contribution in [3.63, 3.8) is 0 Å². The highest BCUT2D eigenvalue weighted by atomic mass is 16.3. The minimum Gasteiger partial charge on any atom is -0.472 e. The zero-order valence-electron chi connectivity index (χ0n) is 13.2. The van der Waals surface area contributed by atoms with Crippen LogP contribution < -0.4 is 5.73 Å². The molecule has 0 aromatic carbocycles. The average molecular weight is 280 g/mol. The summed E-state index contributed by atoms with van der Waals surface area (Å²) in [7, 11) is 1.84. The highest BCUT2D eigenvalue weighted by Gasteiger charge is 2.24. The lowest BCUT2D eigenvalue weighted by Gasteiger charge is -2.31. The van der Waals surface area contributed by atoms with Gasteiger partial charge in [-0.2, -0.15) is 0 Å². The second-order valence-electron chi connectivity index (χ2n) is 6.56. The third kappa shape index (κ3) is 5.37. The highest BCUT2D eigenvalue weighted by Crippen LogP contribution is 2.32. The lowest BCUT2D eigenvalue weighted by Crippen LogP contribution is -2.29. The summed E-state index contributed by atoms with van der Waals surface area (Å²) in [6, 6.07) is 1.89. The number of nitrogens with zero attached hydrogens (tertiary/aromatic N) is 1. The Morgan fingerprint density at radius 2 is 2.10 bits per heavy atom. The molecule has 20 heavy (non-hydrogen) atoms. The van der Waals surface area contributed by atoms with Crippen LogP contribution in [0.3, 0.4) is 0 Å². The number of furan rings is 1. The summed E-state index contributed by atoms with van der Waals surface area (Å²) in [5.41, 5.74) is 6.90. The van der Waals surface area contributed by atoms with E-state index in [4.69, 9.17) is 10.2 Å². The van der Waals surface area contributed by atoms with Crippen molar-refractivity contribution in [2.45, 2.75) is 46.6 Å². The first-order valence-electron chi connectivity index (χ1n) is 7.29. The van der Waals surface area contributed by atoms with Crippen molar-refractivity contribution < 1.29 is 9.21 Å². The van der Waals surface area contributed by atoms with Crippen LogP contribution in [0.4, 0.5) is 0 Å². The van der Waals surface area contributed by atoms with Gasteiger partial charge in [0.15, 0.2) is 0 Å². The first-order valence-corrected chi connectivity index (χ1v) is 7.29. The molecule has 1 rings (SSSR count). The van der Waals surface area contributed by atoms with Crippen molar-refractivity contribution in [3.8, 4) is 0 Å². The largest absolute Gasteiger partial charge is 0.472 e. The Morgan fingerprint density at radius 3 is 2.60 bits per heavy atom. The summed E-state index contributed by atoms with van der Waals surface area (Å²) >= 11 is 0. The molecule has 1 amide bonds. The Balaban J connectivity index is 2.44. The second kappa shape index (κ2) is 7.48. The number of rotatable bonds is 7. The Bertz CT molecular complexity index is 393. The van der Waals surface area contributed by atoms with Gasteiger partial charge < -0.3 is 15.1 Å². The normalized spacial score (nSPS) is 13.2. The Morgan fingerprint density at radius 1 is 1.40 bits per heavy atom. The van der Waals surface area contributed by atoms with Gasteiger partial charge in [0.25, 0.3) is 0 Å². The molecule has 0 aliphatic carbocycles. The molecule has 1 aromatic rings. The van der Waals surface area contributed by atoms with E-state index in [2.05, 4.69) is 20.8 Å². The molecule has 4 heteroatoms. The predicted molar refractivity (Wildman–Crippen MR) is 81.0 cm³/mol. The molecule has 114 valence electrons. The number of nitrogens with two attached hydrogens (primary N) is 1. The van der Waals surface area contributed by atoms with Crippen LogP contribution in [0, 0.1) is 11.3 Å². The van der Waals surface area contributed by atoms with Gasteiger partial charge in [0.2, 0.25) is 5.91 Å². The molecule has 4 nitrogen and oxygen atoms in total. The molecule has 0 spiro atoms. The molecule has 2 N–H and O–H groups in total. The fourth-order valence-electron chi connectivity index (χ4n) is 2.44. The van der Waals surface area contributed by atoms with E-state index in [1.54, 1.807) is 17.4 Å². The Kier molecular flexibility index (Phi) is 6.27. The molecule has 0 aliphatic heterocycles. The molecular formula is C16H28N2O2. The minimum atomic E-state index is 0.178. The standard InChI is InChI=1S/C16H28N2O2/c1-16(2,3)14(7-9-17)5-6-15(19)18(4)11-13-8-10-20-12-13/h8,10,12,14H,5-7,9,11,17H2,1-4H3.